The minimum atomic E-state index is 0.854. The molecule has 0 aliphatic carbocycles. The number of benzene rings is 1. The maximum absolute atomic E-state index is 4.45. The van der Waals surface area contributed by atoms with E-state index in [1.54, 1.807) is 0 Å². The van der Waals surface area contributed by atoms with Gasteiger partial charge in [-0.2, -0.15) is 0 Å². The van der Waals surface area contributed by atoms with E-state index in [0.717, 1.165) is 32.1 Å². The number of guanidine groups is 1. The number of hydrogen-bond acceptors (Lipinski definition) is 4. The van der Waals surface area contributed by atoms with Crippen molar-refractivity contribution < 1.29 is 0 Å². The first-order chi connectivity index (χ1) is 10.3. The summed E-state index contributed by atoms with van der Waals surface area (Å²) in [5.41, 5.74) is 2.75. The highest BCUT2D eigenvalue weighted by atomic mass is 15.3. The molecule has 4 heteroatoms. The van der Waals surface area contributed by atoms with Crippen molar-refractivity contribution in [1.29, 1.82) is 0 Å². The van der Waals surface area contributed by atoms with Gasteiger partial charge < -0.3 is 10.2 Å². The SMILES string of the molecule is CN1CCN=C1NCc1ccc(CN2CCCCC2)cc1. The van der Waals surface area contributed by atoms with Gasteiger partial charge in [0.1, 0.15) is 0 Å². The number of aliphatic imine (C=N–C) groups is 1. The van der Waals surface area contributed by atoms with Crippen molar-refractivity contribution in [3.8, 4) is 0 Å². The first-order valence-corrected chi connectivity index (χ1v) is 8.11. The van der Waals surface area contributed by atoms with Gasteiger partial charge in [-0.25, -0.2) is 0 Å². The van der Waals surface area contributed by atoms with Crippen LogP contribution in [-0.4, -0.2) is 49.0 Å². The van der Waals surface area contributed by atoms with E-state index < -0.39 is 0 Å². The van der Waals surface area contributed by atoms with E-state index in [2.05, 4.69) is 51.4 Å². The Kier molecular flexibility index (Phi) is 4.76. The molecule has 0 amide bonds. The van der Waals surface area contributed by atoms with E-state index in [9.17, 15) is 0 Å². The molecule has 0 radical (unpaired) electrons. The Bertz CT molecular complexity index is 474. The fourth-order valence-electron chi connectivity index (χ4n) is 3.04. The average molecular weight is 286 g/mol. The molecule has 4 nitrogen and oxygen atoms in total. The van der Waals surface area contributed by atoms with E-state index in [4.69, 9.17) is 0 Å². The van der Waals surface area contributed by atoms with Gasteiger partial charge in [-0.3, -0.25) is 9.89 Å². The molecule has 1 fully saturated rings. The molecule has 0 aromatic heterocycles. The highest BCUT2D eigenvalue weighted by Crippen LogP contribution is 2.13. The van der Waals surface area contributed by atoms with Gasteiger partial charge in [0.15, 0.2) is 5.96 Å². The quantitative estimate of drug-likeness (QED) is 0.919. The standard InChI is InChI=1S/C17H26N4/c1-20-12-9-18-17(20)19-13-15-5-7-16(8-6-15)14-21-10-3-2-4-11-21/h5-8H,2-4,9-14H2,1H3,(H,18,19). The molecule has 2 heterocycles. The summed E-state index contributed by atoms with van der Waals surface area (Å²) in [6.45, 7) is 6.41. The minimum absolute atomic E-state index is 0.854. The van der Waals surface area contributed by atoms with Gasteiger partial charge in [0, 0.05) is 26.7 Å². The van der Waals surface area contributed by atoms with Crippen molar-refractivity contribution in [3.05, 3.63) is 35.4 Å². The number of piperidine rings is 1. The van der Waals surface area contributed by atoms with Crippen molar-refractivity contribution in [2.45, 2.75) is 32.4 Å². The molecule has 1 aromatic rings. The third-order valence-electron chi connectivity index (χ3n) is 4.39. The normalized spacial score (nSPS) is 19.7. The predicted molar refractivity (Wildman–Crippen MR) is 87.3 cm³/mol. The number of likely N-dealkylation sites (tertiary alicyclic amines) is 1. The van der Waals surface area contributed by atoms with Crippen LogP contribution in [0.15, 0.2) is 29.3 Å². The molecule has 1 N–H and O–H groups in total. The van der Waals surface area contributed by atoms with Crippen LogP contribution in [-0.2, 0) is 13.1 Å². The molecular formula is C17H26N4. The van der Waals surface area contributed by atoms with Crippen molar-refractivity contribution in [2.75, 3.05) is 33.2 Å². The van der Waals surface area contributed by atoms with Crippen LogP contribution >= 0.6 is 0 Å². The fraction of sp³-hybridized carbons (Fsp3) is 0.588. The van der Waals surface area contributed by atoms with Gasteiger partial charge in [0.05, 0.1) is 6.54 Å². The monoisotopic (exact) mass is 286 g/mol. The van der Waals surface area contributed by atoms with Crippen LogP contribution in [0.3, 0.4) is 0 Å². The smallest absolute Gasteiger partial charge is 0.194 e. The first-order valence-electron chi connectivity index (χ1n) is 8.11. The van der Waals surface area contributed by atoms with Crippen LogP contribution in [0.25, 0.3) is 0 Å². The Morgan fingerprint density at radius 1 is 1.00 bits per heavy atom. The number of nitrogens with one attached hydrogen (secondary N) is 1. The molecule has 114 valence electrons. The van der Waals surface area contributed by atoms with E-state index in [-0.39, 0.29) is 0 Å². The zero-order valence-corrected chi connectivity index (χ0v) is 13.0. The van der Waals surface area contributed by atoms with Crippen LogP contribution in [0.5, 0.6) is 0 Å². The zero-order chi connectivity index (χ0) is 14.5. The summed E-state index contributed by atoms with van der Waals surface area (Å²) in [5, 5.41) is 3.41. The van der Waals surface area contributed by atoms with Crippen LogP contribution in [0.4, 0.5) is 0 Å². The molecule has 1 saturated heterocycles. The third-order valence-corrected chi connectivity index (χ3v) is 4.39. The second-order valence-electron chi connectivity index (χ2n) is 6.13. The summed E-state index contributed by atoms with van der Waals surface area (Å²) in [6.07, 6.45) is 4.12. The molecule has 0 atom stereocenters. The van der Waals surface area contributed by atoms with Crippen molar-refractivity contribution in [1.82, 2.24) is 15.1 Å². The van der Waals surface area contributed by atoms with Gasteiger partial charge in [0.2, 0.25) is 0 Å². The van der Waals surface area contributed by atoms with Crippen molar-refractivity contribution >= 4 is 5.96 Å². The Labute approximate surface area is 127 Å². The third kappa shape index (κ3) is 3.97. The molecule has 2 aliphatic heterocycles. The van der Waals surface area contributed by atoms with Crippen LogP contribution in [0, 0.1) is 0 Å². The molecule has 0 saturated carbocycles. The summed E-state index contributed by atoms with van der Waals surface area (Å²) in [6, 6.07) is 9.02. The topological polar surface area (TPSA) is 30.9 Å². The van der Waals surface area contributed by atoms with E-state index in [0.29, 0.717) is 0 Å². The Morgan fingerprint density at radius 3 is 2.38 bits per heavy atom. The lowest BCUT2D eigenvalue weighted by Crippen LogP contribution is -2.35. The molecule has 0 unspecified atom stereocenters. The van der Waals surface area contributed by atoms with E-state index in [1.165, 1.54) is 43.5 Å². The van der Waals surface area contributed by atoms with Gasteiger partial charge in [-0.1, -0.05) is 30.7 Å². The second kappa shape index (κ2) is 6.94. The first kappa shape index (κ1) is 14.4. The van der Waals surface area contributed by atoms with Crippen LogP contribution < -0.4 is 5.32 Å². The van der Waals surface area contributed by atoms with Gasteiger partial charge in [0.25, 0.3) is 0 Å². The van der Waals surface area contributed by atoms with Gasteiger partial charge in [-0.05, 0) is 37.1 Å². The largest absolute Gasteiger partial charge is 0.352 e. The molecule has 1 aromatic carbocycles. The van der Waals surface area contributed by atoms with Crippen molar-refractivity contribution in [3.63, 3.8) is 0 Å². The maximum Gasteiger partial charge on any atom is 0.194 e. The molecular weight excluding hydrogens is 260 g/mol. The van der Waals surface area contributed by atoms with Crippen LogP contribution in [0.1, 0.15) is 30.4 Å². The summed E-state index contributed by atoms with van der Waals surface area (Å²) in [5.74, 6) is 1.02. The summed E-state index contributed by atoms with van der Waals surface area (Å²) in [4.78, 5) is 9.19. The Morgan fingerprint density at radius 2 is 1.71 bits per heavy atom. The molecule has 3 rings (SSSR count). The van der Waals surface area contributed by atoms with Gasteiger partial charge in [-0.15, -0.1) is 0 Å². The van der Waals surface area contributed by atoms with Crippen molar-refractivity contribution in [2.24, 2.45) is 4.99 Å². The number of nitrogens with zero attached hydrogens (tertiary/aromatic N) is 3. The lowest BCUT2D eigenvalue weighted by molar-refractivity contribution is 0.221. The van der Waals surface area contributed by atoms with Crippen LogP contribution in [0.2, 0.25) is 0 Å². The molecule has 0 spiro atoms. The lowest BCUT2D eigenvalue weighted by atomic mass is 10.1. The summed E-state index contributed by atoms with van der Waals surface area (Å²) in [7, 11) is 2.08. The molecule has 21 heavy (non-hydrogen) atoms. The fourth-order valence-corrected chi connectivity index (χ4v) is 3.04. The zero-order valence-electron chi connectivity index (χ0n) is 13.0. The highest BCUT2D eigenvalue weighted by Gasteiger charge is 2.12. The number of rotatable bonds is 4. The average Bonchev–Trinajstić information content (AvgIpc) is 2.93. The highest BCUT2D eigenvalue weighted by molar-refractivity contribution is 5.81. The minimum Gasteiger partial charge on any atom is -0.352 e. The molecule has 0 bridgehead atoms. The van der Waals surface area contributed by atoms with E-state index >= 15 is 0 Å². The Hall–Kier alpha value is -1.55. The van der Waals surface area contributed by atoms with Gasteiger partial charge >= 0.3 is 0 Å². The lowest BCUT2D eigenvalue weighted by Gasteiger charge is -2.26. The predicted octanol–water partition coefficient (Wildman–Crippen LogP) is 2.06. The summed E-state index contributed by atoms with van der Waals surface area (Å²) >= 11 is 0. The second-order valence-corrected chi connectivity index (χ2v) is 6.13. The summed E-state index contributed by atoms with van der Waals surface area (Å²) < 4.78 is 0. The number of hydrogen-bond donors (Lipinski definition) is 1. The Balaban J connectivity index is 1.49. The molecule has 2 aliphatic rings. The number of likely N-dealkylation sites (N-methyl/N-ethyl adjacent to an activating group) is 1. The van der Waals surface area contributed by atoms with E-state index in [1.807, 2.05) is 0 Å². The maximum atomic E-state index is 4.45.